The molecule has 2 heterocycles. The zero-order valence-electron chi connectivity index (χ0n) is 11.0. The molecule has 2 aromatic heterocycles. The predicted octanol–water partition coefficient (Wildman–Crippen LogP) is 2.27. The van der Waals surface area contributed by atoms with Gasteiger partial charge >= 0.3 is 0 Å². The van der Waals surface area contributed by atoms with Crippen LogP contribution in [0.25, 0.3) is 11.4 Å². The van der Waals surface area contributed by atoms with Gasteiger partial charge < -0.3 is 4.52 Å². The third-order valence-corrected chi connectivity index (χ3v) is 3.17. The van der Waals surface area contributed by atoms with Gasteiger partial charge in [-0.1, -0.05) is 5.16 Å². The summed E-state index contributed by atoms with van der Waals surface area (Å²) in [4.78, 5) is 20.3. The standard InChI is InChI=1S/C14H15N3O2/c1-8-5-11(6-9(2)15-8)14-16-13(19-17-14)7-12(18)10-3-4-10/h5-6,10H,3-4,7H2,1-2H3. The van der Waals surface area contributed by atoms with Crippen molar-refractivity contribution in [2.24, 2.45) is 5.92 Å². The van der Waals surface area contributed by atoms with Crippen molar-refractivity contribution < 1.29 is 9.32 Å². The second kappa shape index (κ2) is 4.57. The van der Waals surface area contributed by atoms with Gasteiger partial charge in [0.1, 0.15) is 5.78 Å². The molecule has 0 aromatic carbocycles. The van der Waals surface area contributed by atoms with E-state index in [1.807, 2.05) is 26.0 Å². The van der Waals surface area contributed by atoms with Crippen LogP contribution < -0.4 is 0 Å². The molecule has 0 aliphatic heterocycles. The van der Waals surface area contributed by atoms with E-state index in [1.165, 1.54) is 0 Å². The average Bonchev–Trinajstić information content (AvgIpc) is 3.09. The second-order valence-electron chi connectivity index (χ2n) is 5.07. The summed E-state index contributed by atoms with van der Waals surface area (Å²) >= 11 is 0. The quantitative estimate of drug-likeness (QED) is 0.840. The van der Waals surface area contributed by atoms with Gasteiger partial charge in [-0.3, -0.25) is 9.78 Å². The maximum absolute atomic E-state index is 11.7. The molecule has 1 aliphatic rings. The van der Waals surface area contributed by atoms with Crippen LogP contribution in [0.2, 0.25) is 0 Å². The lowest BCUT2D eigenvalue weighted by Crippen LogP contribution is -2.04. The Morgan fingerprint density at radius 1 is 1.26 bits per heavy atom. The second-order valence-corrected chi connectivity index (χ2v) is 5.07. The molecule has 0 bridgehead atoms. The van der Waals surface area contributed by atoms with E-state index in [1.54, 1.807) is 0 Å². The number of rotatable bonds is 4. The SMILES string of the molecule is Cc1cc(-c2noc(CC(=O)C3CC3)n2)cc(C)n1. The Balaban J connectivity index is 1.81. The van der Waals surface area contributed by atoms with Gasteiger partial charge in [-0.2, -0.15) is 4.98 Å². The molecular weight excluding hydrogens is 242 g/mol. The topological polar surface area (TPSA) is 68.9 Å². The summed E-state index contributed by atoms with van der Waals surface area (Å²) in [7, 11) is 0. The van der Waals surface area contributed by atoms with Crippen LogP contribution >= 0.6 is 0 Å². The molecule has 1 aliphatic carbocycles. The molecule has 2 aromatic rings. The highest BCUT2D eigenvalue weighted by Gasteiger charge is 2.30. The molecule has 3 rings (SSSR count). The van der Waals surface area contributed by atoms with Crippen LogP contribution in [0.4, 0.5) is 0 Å². The summed E-state index contributed by atoms with van der Waals surface area (Å²) < 4.78 is 5.15. The number of Topliss-reactive ketones (excluding diaryl/α,β-unsaturated/α-hetero) is 1. The Labute approximate surface area is 111 Å². The van der Waals surface area contributed by atoms with Crippen molar-refractivity contribution in [1.29, 1.82) is 0 Å². The lowest BCUT2D eigenvalue weighted by atomic mass is 10.2. The molecule has 98 valence electrons. The van der Waals surface area contributed by atoms with Gasteiger partial charge in [-0.05, 0) is 38.8 Å². The van der Waals surface area contributed by atoms with Gasteiger partial charge in [0.05, 0.1) is 6.42 Å². The number of carbonyl (C=O) groups excluding carboxylic acids is 1. The largest absolute Gasteiger partial charge is 0.339 e. The number of carbonyl (C=O) groups is 1. The van der Waals surface area contributed by atoms with Gasteiger partial charge in [-0.25, -0.2) is 0 Å². The summed E-state index contributed by atoms with van der Waals surface area (Å²) in [6, 6.07) is 3.81. The molecule has 0 atom stereocenters. The van der Waals surface area contributed by atoms with Crippen molar-refractivity contribution >= 4 is 5.78 Å². The van der Waals surface area contributed by atoms with Crippen molar-refractivity contribution in [1.82, 2.24) is 15.1 Å². The highest BCUT2D eigenvalue weighted by Crippen LogP contribution is 2.31. The maximum Gasteiger partial charge on any atom is 0.234 e. The number of nitrogens with zero attached hydrogens (tertiary/aromatic N) is 3. The predicted molar refractivity (Wildman–Crippen MR) is 68.4 cm³/mol. The zero-order valence-corrected chi connectivity index (χ0v) is 11.0. The summed E-state index contributed by atoms with van der Waals surface area (Å²) in [5, 5.41) is 3.94. The molecule has 0 saturated heterocycles. The minimum Gasteiger partial charge on any atom is -0.339 e. The van der Waals surface area contributed by atoms with Crippen LogP contribution in [-0.2, 0) is 11.2 Å². The maximum atomic E-state index is 11.7. The summed E-state index contributed by atoms with van der Waals surface area (Å²) in [5.74, 6) is 1.35. The van der Waals surface area contributed by atoms with Crippen molar-refractivity contribution in [3.05, 3.63) is 29.4 Å². The fourth-order valence-electron chi connectivity index (χ4n) is 2.11. The van der Waals surface area contributed by atoms with E-state index in [-0.39, 0.29) is 18.1 Å². The molecule has 0 spiro atoms. The first kappa shape index (κ1) is 12.0. The minimum atomic E-state index is 0.206. The van der Waals surface area contributed by atoms with Crippen LogP contribution in [-0.4, -0.2) is 20.9 Å². The van der Waals surface area contributed by atoms with Crippen LogP contribution in [0.5, 0.6) is 0 Å². The minimum absolute atomic E-state index is 0.206. The van der Waals surface area contributed by atoms with E-state index in [0.29, 0.717) is 11.7 Å². The Kier molecular flexibility index (Phi) is 2.89. The monoisotopic (exact) mass is 257 g/mol. The van der Waals surface area contributed by atoms with Crippen molar-refractivity contribution in [2.75, 3.05) is 0 Å². The zero-order chi connectivity index (χ0) is 13.4. The fraction of sp³-hybridized carbons (Fsp3) is 0.429. The molecule has 1 fully saturated rings. The molecule has 0 amide bonds. The number of hydrogen-bond donors (Lipinski definition) is 0. The lowest BCUT2D eigenvalue weighted by molar-refractivity contribution is -0.119. The van der Waals surface area contributed by atoms with Crippen LogP contribution in [0.15, 0.2) is 16.7 Å². The van der Waals surface area contributed by atoms with Crippen molar-refractivity contribution in [3.63, 3.8) is 0 Å². The summed E-state index contributed by atoms with van der Waals surface area (Å²) in [5.41, 5.74) is 2.70. The van der Waals surface area contributed by atoms with Crippen LogP contribution in [0.1, 0.15) is 30.1 Å². The normalized spacial score (nSPS) is 14.6. The molecule has 19 heavy (non-hydrogen) atoms. The Morgan fingerprint density at radius 3 is 2.58 bits per heavy atom. The molecule has 0 N–H and O–H groups in total. The van der Waals surface area contributed by atoms with Gasteiger partial charge in [0.15, 0.2) is 0 Å². The van der Waals surface area contributed by atoms with Crippen molar-refractivity contribution in [2.45, 2.75) is 33.1 Å². The van der Waals surface area contributed by atoms with E-state index in [2.05, 4.69) is 15.1 Å². The number of pyridine rings is 1. The number of hydrogen-bond acceptors (Lipinski definition) is 5. The highest BCUT2D eigenvalue weighted by atomic mass is 16.5. The molecule has 5 heteroatoms. The Hall–Kier alpha value is -2.04. The summed E-state index contributed by atoms with van der Waals surface area (Å²) in [6.45, 7) is 3.85. The Morgan fingerprint density at radius 2 is 1.95 bits per heavy atom. The Bertz CT molecular complexity index is 609. The molecule has 5 nitrogen and oxygen atoms in total. The first-order valence-corrected chi connectivity index (χ1v) is 6.43. The summed E-state index contributed by atoms with van der Waals surface area (Å²) in [6.07, 6.45) is 2.26. The van der Waals surface area contributed by atoms with E-state index >= 15 is 0 Å². The van der Waals surface area contributed by atoms with Crippen LogP contribution in [0, 0.1) is 19.8 Å². The number of ketones is 1. The first-order chi connectivity index (χ1) is 9.11. The molecule has 0 unspecified atom stereocenters. The van der Waals surface area contributed by atoms with Crippen molar-refractivity contribution in [3.8, 4) is 11.4 Å². The highest BCUT2D eigenvalue weighted by molar-refractivity contribution is 5.84. The van der Waals surface area contributed by atoms with E-state index in [9.17, 15) is 4.79 Å². The van der Waals surface area contributed by atoms with E-state index in [0.717, 1.165) is 29.8 Å². The van der Waals surface area contributed by atoms with E-state index in [4.69, 9.17) is 4.52 Å². The number of aromatic nitrogens is 3. The lowest BCUT2D eigenvalue weighted by Gasteiger charge is -1.98. The molecular formula is C14H15N3O2. The van der Waals surface area contributed by atoms with Gasteiger partial charge in [-0.15, -0.1) is 0 Å². The van der Waals surface area contributed by atoms with E-state index < -0.39 is 0 Å². The molecule has 0 radical (unpaired) electrons. The third kappa shape index (κ3) is 2.70. The fourth-order valence-corrected chi connectivity index (χ4v) is 2.11. The molecule has 1 saturated carbocycles. The smallest absolute Gasteiger partial charge is 0.234 e. The third-order valence-electron chi connectivity index (χ3n) is 3.17. The van der Waals surface area contributed by atoms with Gasteiger partial charge in [0.2, 0.25) is 11.7 Å². The number of aryl methyl sites for hydroxylation is 2. The average molecular weight is 257 g/mol. The van der Waals surface area contributed by atoms with Gasteiger partial charge in [0.25, 0.3) is 0 Å². The first-order valence-electron chi connectivity index (χ1n) is 6.43. The van der Waals surface area contributed by atoms with Crippen LogP contribution in [0.3, 0.4) is 0 Å². The van der Waals surface area contributed by atoms with Gasteiger partial charge in [0, 0.05) is 22.9 Å².